The lowest BCUT2D eigenvalue weighted by Gasteiger charge is -2.26. The zero-order valence-electron chi connectivity index (χ0n) is 17.2. The summed E-state index contributed by atoms with van der Waals surface area (Å²) in [5.74, 6) is 0. The predicted molar refractivity (Wildman–Crippen MR) is 120 cm³/mol. The molecule has 0 amide bonds. The van der Waals surface area contributed by atoms with Gasteiger partial charge in [0.05, 0.1) is 21.7 Å². The quantitative estimate of drug-likeness (QED) is 0.589. The van der Waals surface area contributed by atoms with Crippen LogP contribution in [0.1, 0.15) is 17.7 Å². The number of carbonyl (C=O) groups excluding carboxylic acids is 1. The second-order valence-corrected chi connectivity index (χ2v) is 9.80. The lowest BCUT2D eigenvalue weighted by Crippen LogP contribution is -2.30. The van der Waals surface area contributed by atoms with E-state index in [4.69, 9.17) is 5.10 Å². The van der Waals surface area contributed by atoms with Crippen LogP contribution in [0.4, 0.5) is 5.69 Å². The van der Waals surface area contributed by atoms with E-state index in [2.05, 4.69) is 0 Å². The molecule has 1 aromatic heterocycles. The second-order valence-electron chi connectivity index (χ2n) is 7.86. The van der Waals surface area contributed by atoms with Crippen LogP contribution in [0.5, 0.6) is 0 Å². The van der Waals surface area contributed by atoms with Gasteiger partial charge in [-0.1, -0.05) is 54.6 Å². The maximum absolute atomic E-state index is 13.0. The number of benzene rings is 2. The van der Waals surface area contributed by atoms with E-state index >= 15 is 0 Å². The van der Waals surface area contributed by atoms with Crippen LogP contribution in [0.15, 0.2) is 77.7 Å². The molecule has 2 aliphatic rings. The summed E-state index contributed by atoms with van der Waals surface area (Å²) in [6, 6.07) is 14.6. The van der Waals surface area contributed by atoms with Gasteiger partial charge in [-0.15, -0.1) is 0 Å². The van der Waals surface area contributed by atoms with Crippen LogP contribution in [0, 0.1) is 6.92 Å². The fourth-order valence-electron chi connectivity index (χ4n) is 4.38. The van der Waals surface area contributed by atoms with Crippen molar-refractivity contribution in [2.45, 2.75) is 23.7 Å². The molecule has 7 heteroatoms. The van der Waals surface area contributed by atoms with Crippen LogP contribution in [0.2, 0.25) is 0 Å². The molecule has 6 nitrogen and oxygen atoms in total. The largest absolute Gasteiger partial charge is 0.302 e. The molecule has 1 aliphatic heterocycles. The number of rotatable bonds is 3. The highest BCUT2D eigenvalue weighted by molar-refractivity contribution is 7.93. The number of nitrogens with zero attached hydrogens (tertiary/aromatic N) is 3. The summed E-state index contributed by atoms with van der Waals surface area (Å²) < 4.78 is 29.1. The molecule has 0 spiro atoms. The van der Waals surface area contributed by atoms with Gasteiger partial charge in [-0.2, -0.15) is 5.10 Å². The van der Waals surface area contributed by atoms with E-state index in [1.807, 2.05) is 61.6 Å². The molecule has 1 aliphatic carbocycles. The first-order chi connectivity index (χ1) is 14.9. The molecule has 0 bridgehead atoms. The number of fused-ring (bicyclic) bond motifs is 3. The van der Waals surface area contributed by atoms with E-state index in [9.17, 15) is 13.2 Å². The van der Waals surface area contributed by atoms with Crippen molar-refractivity contribution in [2.24, 2.45) is 0 Å². The Morgan fingerprint density at radius 2 is 1.81 bits per heavy atom. The maximum atomic E-state index is 13.0. The number of hydrogen-bond donors (Lipinski definition) is 0. The smallest absolute Gasteiger partial charge is 0.264 e. The van der Waals surface area contributed by atoms with E-state index in [-0.39, 0.29) is 4.90 Å². The van der Waals surface area contributed by atoms with Gasteiger partial charge in [-0.05, 0) is 37.1 Å². The number of anilines is 1. The highest BCUT2D eigenvalue weighted by Crippen LogP contribution is 2.44. The van der Waals surface area contributed by atoms with E-state index in [0.29, 0.717) is 23.4 Å². The zero-order chi connectivity index (χ0) is 21.8. The Balaban J connectivity index is 1.63. The van der Waals surface area contributed by atoms with Crippen molar-refractivity contribution in [3.63, 3.8) is 0 Å². The first-order valence-corrected chi connectivity index (χ1v) is 11.4. The van der Waals surface area contributed by atoms with Gasteiger partial charge in [0.2, 0.25) is 0 Å². The fourth-order valence-corrected chi connectivity index (χ4v) is 5.83. The Hall–Kier alpha value is -3.45. The average molecular weight is 432 g/mol. The van der Waals surface area contributed by atoms with Crippen molar-refractivity contribution < 1.29 is 13.2 Å². The third-order valence-corrected chi connectivity index (χ3v) is 7.95. The lowest BCUT2D eigenvalue weighted by atomic mass is 9.77. The van der Waals surface area contributed by atoms with Gasteiger partial charge < -0.3 is 4.79 Å². The van der Waals surface area contributed by atoms with Gasteiger partial charge in [0.25, 0.3) is 10.0 Å². The molecular weight excluding hydrogens is 410 g/mol. The minimum atomic E-state index is -3.63. The Bertz CT molecular complexity index is 1370. The van der Waals surface area contributed by atoms with Crippen molar-refractivity contribution in [3.8, 4) is 16.9 Å². The molecule has 1 atom stereocenters. The van der Waals surface area contributed by atoms with Crippen molar-refractivity contribution in [2.75, 3.05) is 11.4 Å². The number of aromatic nitrogens is 2. The Morgan fingerprint density at radius 3 is 2.48 bits per heavy atom. The van der Waals surface area contributed by atoms with E-state index < -0.39 is 15.4 Å². The molecule has 2 heterocycles. The maximum Gasteiger partial charge on any atom is 0.264 e. The van der Waals surface area contributed by atoms with E-state index in [0.717, 1.165) is 23.2 Å². The van der Waals surface area contributed by atoms with Crippen LogP contribution in [-0.4, -0.2) is 31.5 Å². The van der Waals surface area contributed by atoms with E-state index in [1.54, 1.807) is 29.9 Å². The highest BCUT2D eigenvalue weighted by Gasteiger charge is 2.36. The molecule has 31 heavy (non-hydrogen) atoms. The summed E-state index contributed by atoms with van der Waals surface area (Å²) in [4.78, 5) is 12.1. The molecule has 5 rings (SSSR count). The van der Waals surface area contributed by atoms with Gasteiger partial charge in [0.15, 0.2) is 0 Å². The minimum absolute atomic E-state index is 0.259. The molecule has 1 unspecified atom stereocenters. The third kappa shape index (κ3) is 2.73. The molecule has 0 saturated heterocycles. The van der Waals surface area contributed by atoms with Crippen molar-refractivity contribution in [1.82, 2.24) is 9.78 Å². The van der Waals surface area contributed by atoms with Gasteiger partial charge >= 0.3 is 0 Å². The molecule has 0 saturated carbocycles. The minimum Gasteiger partial charge on any atom is -0.302 e. The van der Waals surface area contributed by atoms with Gasteiger partial charge in [-0.25, -0.2) is 13.1 Å². The van der Waals surface area contributed by atoms with Crippen LogP contribution in [0.25, 0.3) is 16.9 Å². The molecule has 156 valence electrons. The number of hydrogen-bond acceptors (Lipinski definition) is 4. The second kappa shape index (κ2) is 6.78. The monoisotopic (exact) mass is 431 g/mol. The number of carbonyl (C=O) groups is 1. The lowest BCUT2D eigenvalue weighted by molar-refractivity contribution is -0.111. The van der Waals surface area contributed by atoms with Gasteiger partial charge in [0, 0.05) is 12.6 Å². The SMILES string of the molecule is Cc1c2c(nn1-c1ccc(C3(C=O)C=CC=CC3)cc1)-c1ccccc1S(=O)(=O)N2C. The Labute approximate surface area is 181 Å². The van der Waals surface area contributed by atoms with Crippen LogP contribution >= 0.6 is 0 Å². The molecule has 0 fully saturated rings. The molecule has 2 aromatic carbocycles. The normalized spacial score (nSPS) is 20.9. The van der Waals surface area contributed by atoms with Crippen molar-refractivity contribution >= 4 is 22.0 Å². The standard InChI is InChI=1S/C24H21N3O3S/c1-17-23-22(20-8-4-5-9-21(20)31(29,30)26(23)2)25-27(17)19-12-10-18(11-13-19)24(16-28)14-6-3-7-15-24/h3-14,16H,15H2,1-2H3. The van der Waals surface area contributed by atoms with Crippen LogP contribution < -0.4 is 4.31 Å². The number of aldehydes is 1. The molecule has 0 N–H and O–H groups in total. The highest BCUT2D eigenvalue weighted by atomic mass is 32.2. The first kappa shape index (κ1) is 19.5. The average Bonchev–Trinajstić information content (AvgIpc) is 3.15. The molecule has 3 aromatic rings. The topological polar surface area (TPSA) is 72.3 Å². The fraction of sp³-hybridized carbons (Fsp3) is 0.167. The summed E-state index contributed by atoms with van der Waals surface area (Å²) >= 11 is 0. The number of sulfonamides is 1. The predicted octanol–water partition coefficient (Wildman–Crippen LogP) is 3.94. The van der Waals surface area contributed by atoms with Gasteiger partial charge in [-0.3, -0.25) is 4.31 Å². The zero-order valence-corrected chi connectivity index (χ0v) is 18.0. The summed E-state index contributed by atoms with van der Waals surface area (Å²) in [6.45, 7) is 1.86. The van der Waals surface area contributed by atoms with Crippen LogP contribution in [0.3, 0.4) is 0 Å². The van der Waals surface area contributed by atoms with Gasteiger partial charge in [0.1, 0.15) is 17.7 Å². The molecule has 0 radical (unpaired) electrons. The van der Waals surface area contributed by atoms with Crippen molar-refractivity contribution in [1.29, 1.82) is 0 Å². The van der Waals surface area contributed by atoms with E-state index in [1.165, 1.54) is 4.31 Å². The number of allylic oxidation sites excluding steroid dienone is 4. The summed E-state index contributed by atoms with van der Waals surface area (Å²) in [5.41, 5.74) is 3.61. The summed E-state index contributed by atoms with van der Waals surface area (Å²) in [5, 5.41) is 4.77. The Morgan fingerprint density at radius 1 is 1.06 bits per heavy atom. The summed E-state index contributed by atoms with van der Waals surface area (Å²) in [7, 11) is -2.07. The van der Waals surface area contributed by atoms with Crippen molar-refractivity contribution in [3.05, 3.63) is 84.1 Å². The Kier molecular flexibility index (Phi) is 4.27. The summed E-state index contributed by atoms with van der Waals surface area (Å²) in [6.07, 6.45) is 9.35. The van der Waals surface area contributed by atoms with Crippen LogP contribution in [-0.2, 0) is 20.2 Å². The first-order valence-electron chi connectivity index (χ1n) is 9.99. The molecular formula is C24H21N3O3S. The third-order valence-electron chi connectivity index (χ3n) is 6.14.